The van der Waals surface area contributed by atoms with E-state index in [1.54, 1.807) is 0 Å². The molecule has 0 bridgehead atoms. The summed E-state index contributed by atoms with van der Waals surface area (Å²) in [5.41, 5.74) is 6.62. The van der Waals surface area contributed by atoms with Crippen LogP contribution in [0.5, 0.6) is 0 Å². The summed E-state index contributed by atoms with van der Waals surface area (Å²) in [6, 6.07) is 17.2. The van der Waals surface area contributed by atoms with Gasteiger partial charge in [0.05, 0.1) is 0 Å². The zero-order valence-electron chi connectivity index (χ0n) is 12.6. The van der Waals surface area contributed by atoms with Crippen molar-refractivity contribution in [2.45, 2.75) is 33.1 Å². The molecule has 0 saturated heterocycles. The highest BCUT2D eigenvalue weighted by Gasteiger charge is 2.20. The fraction of sp³-hybridized carbons (Fsp3) is 0.263. The van der Waals surface area contributed by atoms with Crippen LogP contribution in [0.4, 0.5) is 0 Å². The fourth-order valence-electron chi connectivity index (χ4n) is 2.89. The summed E-state index contributed by atoms with van der Waals surface area (Å²) < 4.78 is 0. The fourth-order valence-corrected chi connectivity index (χ4v) is 2.89. The molecule has 102 valence electrons. The normalized spacial score (nSPS) is 12.0. The van der Waals surface area contributed by atoms with Crippen molar-refractivity contribution in [3.8, 4) is 11.1 Å². The SMILES string of the molecule is Cc1c(C(C)(C)C)[nH]c2ccc(-c3ccccc3)cc12. The highest BCUT2D eigenvalue weighted by Crippen LogP contribution is 2.33. The van der Waals surface area contributed by atoms with Crippen molar-refractivity contribution in [3.05, 3.63) is 59.8 Å². The third-order valence-corrected chi connectivity index (χ3v) is 3.92. The average Bonchev–Trinajstić information content (AvgIpc) is 2.77. The Labute approximate surface area is 120 Å². The molecule has 0 saturated carbocycles. The summed E-state index contributed by atoms with van der Waals surface area (Å²) in [4.78, 5) is 3.58. The monoisotopic (exact) mass is 263 g/mol. The van der Waals surface area contributed by atoms with Gasteiger partial charge >= 0.3 is 0 Å². The Morgan fingerprint density at radius 1 is 0.850 bits per heavy atom. The molecular weight excluding hydrogens is 242 g/mol. The minimum absolute atomic E-state index is 0.149. The number of nitrogens with one attached hydrogen (secondary N) is 1. The van der Waals surface area contributed by atoms with Crippen molar-refractivity contribution < 1.29 is 0 Å². The van der Waals surface area contributed by atoms with Gasteiger partial charge in [0.2, 0.25) is 0 Å². The van der Waals surface area contributed by atoms with Crippen LogP contribution in [-0.2, 0) is 5.41 Å². The molecule has 0 aliphatic rings. The van der Waals surface area contributed by atoms with Gasteiger partial charge in [0.25, 0.3) is 0 Å². The molecule has 0 fully saturated rings. The van der Waals surface area contributed by atoms with Gasteiger partial charge in [0, 0.05) is 22.0 Å². The van der Waals surface area contributed by atoms with E-state index in [2.05, 4.69) is 81.2 Å². The van der Waals surface area contributed by atoms with Gasteiger partial charge in [-0.25, -0.2) is 0 Å². The van der Waals surface area contributed by atoms with Crippen molar-refractivity contribution in [3.63, 3.8) is 0 Å². The maximum atomic E-state index is 3.58. The van der Waals surface area contributed by atoms with Crippen molar-refractivity contribution in [1.29, 1.82) is 0 Å². The summed E-state index contributed by atoms with van der Waals surface area (Å²) in [7, 11) is 0. The molecular formula is C19H21N. The van der Waals surface area contributed by atoms with E-state index in [0.717, 1.165) is 0 Å². The first-order valence-electron chi connectivity index (χ1n) is 7.15. The molecule has 0 unspecified atom stereocenters. The van der Waals surface area contributed by atoms with Gasteiger partial charge in [-0.2, -0.15) is 0 Å². The number of hydrogen-bond acceptors (Lipinski definition) is 0. The van der Waals surface area contributed by atoms with E-state index in [1.807, 2.05) is 0 Å². The lowest BCUT2D eigenvalue weighted by molar-refractivity contribution is 0.570. The van der Waals surface area contributed by atoms with Crippen LogP contribution in [0.2, 0.25) is 0 Å². The zero-order chi connectivity index (χ0) is 14.3. The summed E-state index contributed by atoms with van der Waals surface area (Å²) in [6.45, 7) is 8.97. The lowest BCUT2D eigenvalue weighted by atomic mass is 9.89. The zero-order valence-corrected chi connectivity index (χ0v) is 12.6. The summed E-state index contributed by atoms with van der Waals surface area (Å²) in [6.07, 6.45) is 0. The summed E-state index contributed by atoms with van der Waals surface area (Å²) in [5.74, 6) is 0. The van der Waals surface area contributed by atoms with Crippen LogP contribution in [0.1, 0.15) is 32.0 Å². The molecule has 0 radical (unpaired) electrons. The lowest BCUT2D eigenvalue weighted by Gasteiger charge is -2.17. The Kier molecular flexibility index (Phi) is 2.93. The second-order valence-corrected chi connectivity index (χ2v) is 6.50. The first-order chi connectivity index (χ1) is 9.47. The van der Waals surface area contributed by atoms with E-state index < -0.39 is 0 Å². The first kappa shape index (κ1) is 13.0. The van der Waals surface area contributed by atoms with Gasteiger partial charge in [-0.05, 0) is 35.7 Å². The van der Waals surface area contributed by atoms with Crippen LogP contribution < -0.4 is 0 Å². The van der Waals surface area contributed by atoms with Crippen LogP contribution >= 0.6 is 0 Å². The highest BCUT2D eigenvalue weighted by molar-refractivity contribution is 5.89. The minimum atomic E-state index is 0.149. The third kappa shape index (κ3) is 2.14. The first-order valence-corrected chi connectivity index (χ1v) is 7.15. The topological polar surface area (TPSA) is 15.8 Å². The molecule has 1 N–H and O–H groups in total. The number of aromatic amines is 1. The number of aromatic nitrogens is 1. The van der Waals surface area contributed by atoms with Crippen molar-refractivity contribution in [2.75, 3.05) is 0 Å². The Balaban J connectivity index is 2.19. The number of H-pyrrole nitrogens is 1. The Hall–Kier alpha value is -2.02. The second kappa shape index (κ2) is 4.52. The predicted octanol–water partition coefficient (Wildman–Crippen LogP) is 5.44. The molecule has 3 aromatic rings. The third-order valence-electron chi connectivity index (χ3n) is 3.92. The van der Waals surface area contributed by atoms with Gasteiger partial charge in [0.15, 0.2) is 0 Å². The molecule has 1 aromatic heterocycles. The number of rotatable bonds is 1. The van der Waals surface area contributed by atoms with E-state index >= 15 is 0 Å². The Morgan fingerprint density at radius 3 is 2.20 bits per heavy atom. The van der Waals surface area contributed by atoms with E-state index in [9.17, 15) is 0 Å². The Bertz CT molecular complexity index is 743. The molecule has 20 heavy (non-hydrogen) atoms. The molecule has 0 atom stereocenters. The predicted molar refractivity (Wildman–Crippen MR) is 87.2 cm³/mol. The van der Waals surface area contributed by atoms with Crippen LogP contribution in [0.3, 0.4) is 0 Å². The van der Waals surface area contributed by atoms with Crippen LogP contribution in [0.15, 0.2) is 48.5 Å². The van der Waals surface area contributed by atoms with Crippen molar-refractivity contribution in [2.24, 2.45) is 0 Å². The van der Waals surface area contributed by atoms with Crippen molar-refractivity contribution in [1.82, 2.24) is 4.98 Å². The summed E-state index contributed by atoms with van der Waals surface area (Å²) >= 11 is 0. The summed E-state index contributed by atoms with van der Waals surface area (Å²) in [5, 5.41) is 1.33. The molecule has 0 amide bonds. The molecule has 3 rings (SSSR count). The van der Waals surface area contributed by atoms with Gasteiger partial charge in [-0.15, -0.1) is 0 Å². The second-order valence-electron chi connectivity index (χ2n) is 6.50. The van der Waals surface area contributed by atoms with Gasteiger partial charge in [-0.3, -0.25) is 0 Å². The largest absolute Gasteiger partial charge is 0.358 e. The van der Waals surface area contributed by atoms with E-state index in [0.29, 0.717) is 0 Å². The number of fused-ring (bicyclic) bond motifs is 1. The van der Waals surface area contributed by atoms with E-state index in [4.69, 9.17) is 0 Å². The van der Waals surface area contributed by atoms with Crippen LogP contribution in [-0.4, -0.2) is 4.98 Å². The molecule has 0 spiro atoms. The smallest absolute Gasteiger partial charge is 0.0459 e. The maximum Gasteiger partial charge on any atom is 0.0459 e. The van der Waals surface area contributed by atoms with Crippen LogP contribution in [0, 0.1) is 6.92 Å². The van der Waals surface area contributed by atoms with Gasteiger partial charge < -0.3 is 4.98 Å². The maximum absolute atomic E-state index is 3.58. The highest BCUT2D eigenvalue weighted by atomic mass is 14.7. The molecule has 0 aliphatic heterocycles. The minimum Gasteiger partial charge on any atom is -0.358 e. The number of benzene rings is 2. The molecule has 0 aliphatic carbocycles. The average molecular weight is 263 g/mol. The molecule has 1 heteroatoms. The van der Waals surface area contributed by atoms with Gasteiger partial charge in [-0.1, -0.05) is 57.2 Å². The molecule has 1 nitrogen and oxygen atoms in total. The number of aryl methyl sites for hydroxylation is 1. The van der Waals surface area contributed by atoms with E-state index in [1.165, 1.54) is 33.3 Å². The van der Waals surface area contributed by atoms with E-state index in [-0.39, 0.29) is 5.41 Å². The van der Waals surface area contributed by atoms with Crippen LogP contribution in [0.25, 0.3) is 22.0 Å². The van der Waals surface area contributed by atoms with Crippen molar-refractivity contribution >= 4 is 10.9 Å². The van der Waals surface area contributed by atoms with Gasteiger partial charge in [0.1, 0.15) is 0 Å². The lowest BCUT2D eigenvalue weighted by Crippen LogP contribution is -2.12. The quantitative estimate of drug-likeness (QED) is 0.601. The number of hydrogen-bond donors (Lipinski definition) is 1. The molecule has 2 aromatic carbocycles. The molecule has 1 heterocycles. The standard InChI is InChI=1S/C19H21N/c1-13-16-12-15(14-8-6-5-7-9-14)10-11-17(16)20-18(13)19(2,3)4/h5-12,20H,1-4H3. The Morgan fingerprint density at radius 2 is 1.55 bits per heavy atom.